The number of hydrogen-bond acceptors (Lipinski definition) is 4. The summed E-state index contributed by atoms with van der Waals surface area (Å²) in [6, 6.07) is 1.22. The van der Waals surface area contributed by atoms with Crippen LogP contribution in [0.5, 0.6) is 0 Å². The minimum Gasteiger partial charge on any atom is -0.449 e. The van der Waals surface area contributed by atoms with Gasteiger partial charge in [0.25, 0.3) is 10.0 Å². The average Bonchev–Trinajstić information content (AvgIpc) is 2.18. The van der Waals surface area contributed by atoms with Crippen molar-refractivity contribution in [3.63, 3.8) is 0 Å². The van der Waals surface area contributed by atoms with Gasteiger partial charge in [0.15, 0.2) is 0 Å². The fourth-order valence-corrected chi connectivity index (χ4v) is 4.44. The molecule has 0 atom stereocenters. The van der Waals surface area contributed by atoms with Crippen LogP contribution in [0.25, 0.3) is 0 Å². The predicted molar refractivity (Wildman–Crippen MR) is 69.2 cm³/mol. The highest BCUT2D eigenvalue weighted by molar-refractivity contribution is 6.41. The number of rotatable bonds is 7. The SMILES string of the molecule is CCO[SiH3].NCCC[SiH2]O[SiH2]O[SiH3]. The summed E-state index contributed by atoms with van der Waals surface area (Å²) in [6.45, 7) is 3.68. The second-order valence-electron chi connectivity index (χ2n) is 2.39. The van der Waals surface area contributed by atoms with E-state index in [-0.39, 0.29) is 9.76 Å². The summed E-state index contributed by atoms with van der Waals surface area (Å²) in [7, 11) is 0.977. The molecule has 0 spiro atoms. The molecular weight excluding hydrogens is 234 g/mol. The van der Waals surface area contributed by atoms with Gasteiger partial charge in [0, 0.05) is 6.61 Å². The Morgan fingerprint density at radius 2 is 2.00 bits per heavy atom. The van der Waals surface area contributed by atoms with Crippen molar-refractivity contribution in [2.45, 2.75) is 19.4 Å². The number of hydrogen-bond donors (Lipinski definition) is 1. The largest absolute Gasteiger partial charge is 0.449 e. The maximum Gasteiger partial charge on any atom is 0.282 e. The topological polar surface area (TPSA) is 53.7 Å². The monoisotopic (exact) mass is 257 g/mol. The van der Waals surface area contributed by atoms with Crippen LogP contribution in [0.15, 0.2) is 0 Å². The average molecular weight is 258 g/mol. The third-order valence-corrected chi connectivity index (χ3v) is 5.36. The second kappa shape index (κ2) is 18.5. The van der Waals surface area contributed by atoms with Crippen LogP contribution in [0.1, 0.15) is 13.3 Å². The van der Waals surface area contributed by atoms with Crippen LogP contribution in [0.2, 0.25) is 6.04 Å². The fraction of sp³-hybridized carbons (Fsp3) is 1.00. The molecule has 0 heterocycles. The number of nitrogens with two attached hydrogens (primary N) is 1. The van der Waals surface area contributed by atoms with Gasteiger partial charge in [-0.2, -0.15) is 0 Å². The molecule has 4 nitrogen and oxygen atoms in total. The minimum atomic E-state index is -0.524. The smallest absolute Gasteiger partial charge is 0.282 e. The molecule has 0 aliphatic rings. The Kier molecular flexibility index (Phi) is 23.0. The Morgan fingerprint density at radius 3 is 2.38 bits per heavy atom. The third-order valence-electron chi connectivity index (χ3n) is 1.23. The lowest BCUT2D eigenvalue weighted by Crippen LogP contribution is -2.08. The van der Waals surface area contributed by atoms with Crippen LogP contribution >= 0.6 is 0 Å². The standard InChI is InChI=1S/C3H15NO2Si3.C2H8OSi/c4-2-1-3-8-6-9-5-7;1-2-3-4/h1-4,8-9H2,7H3;2H2,1,4H3. The van der Waals surface area contributed by atoms with E-state index in [1.54, 1.807) is 0 Å². The first-order valence-corrected chi connectivity index (χ1v) is 8.95. The van der Waals surface area contributed by atoms with Gasteiger partial charge < -0.3 is 18.4 Å². The van der Waals surface area contributed by atoms with Gasteiger partial charge in [0.2, 0.25) is 0 Å². The molecule has 0 radical (unpaired) electrons. The van der Waals surface area contributed by atoms with Crippen LogP contribution in [0.4, 0.5) is 0 Å². The molecule has 8 heteroatoms. The van der Waals surface area contributed by atoms with Crippen molar-refractivity contribution in [2.75, 3.05) is 13.2 Å². The summed E-state index contributed by atoms with van der Waals surface area (Å²) in [5.41, 5.74) is 5.30. The van der Waals surface area contributed by atoms with Crippen molar-refractivity contribution in [3.05, 3.63) is 0 Å². The molecule has 82 valence electrons. The second-order valence-corrected chi connectivity index (χ2v) is 8.26. The van der Waals surface area contributed by atoms with E-state index in [0.717, 1.165) is 40.5 Å². The van der Waals surface area contributed by atoms with Crippen molar-refractivity contribution in [1.82, 2.24) is 0 Å². The highest BCUT2D eigenvalue weighted by Gasteiger charge is 1.86. The van der Waals surface area contributed by atoms with Crippen LogP contribution in [0, 0.1) is 0 Å². The summed E-state index contributed by atoms with van der Waals surface area (Å²) in [4.78, 5) is 0. The van der Waals surface area contributed by atoms with Crippen molar-refractivity contribution < 1.29 is 12.7 Å². The van der Waals surface area contributed by atoms with E-state index in [2.05, 4.69) is 4.43 Å². The summed E-state index contributed by atoms with van der Waals surface area (Å²) in [5, 5.41) is 0. The van der Waals surface area contributed by atoms with E-state index in [0.29, 0.717) is 0 Å². The molecule has 0 unspecified atom stereocenters. The predicted octanol–water partition coefficient (Wildman–Crippen LogP) is -3.55. The Balaban J connectivity index is 0. The summed E-state index contributed by atoms with van der Waals surface area (Å²) >= 11 is 0. The fourth-order valence-electron chi connectivity index (χ4n) is 0.491. The highest BCUT2D eigenvalue weighted by Crippen LogP contribution is 1.84. The minimum absolute atomic E-state index is 0.232. The molecule has 0 aliphatic carbocycles. The van der Waals surface area contributed by atoms with Gasteiger partial charge in [-0.3, -0.25) is 0 Å². The van der Waals surface area contributed by atoms with Gasteiger partial charge in [-0.1, -0.05) is 0 Å². The molecule has 0 aromatic rings. The van der Waals surface area contributed by atoms with Crippen LogP contribution in [-0.2, 0) is 12.7 Å². The molecule has 0 amide bonds. The molecule has 0 aromatic carbocycles. The van der Waals surface area contributed by atoms with Crippen molar-refractivity contribution >= 4 is 40.7 Å². The van der Waals surface area contributed by atoms with E-state index < -0.39 is 10.0 Å². The third kappa shape index (κ3) is 24.5. The van der Waals surface area contributed by atoms with Crippen LogP contribution in [-0.4, -0.2) is 53.9 Å². The normalized spacial score (nSPS) is 11.5. The molecule has 0 saturated carbocycles. The van der Waals surface area contributed by atoms with Gasteiger partial charge in [-0.15, -0.1) is 0 Å². The molecule has 0 fully saturated rings. The Morgan fingerprint density at radius 1 is 1.38 bits per heavy atom. The summed E-state index contributed by atoms with van der Waals surface area (Å²) in [5.74, 6) is 0. The maximum absolute atomic E-state index is 5.32. The first kappa shape index (κ1) is 16.1. The summed E-state index contributed by atoms with van der Waals surface area (Å²) < 4.78 is 15.0. The van der Waals surface area contributed by atoms with Crippen LogP contribution in [0.3, 0.4) is 0 Å². The molecule has 0 rings (SSSR count). The highest BCUT2D eigenvalue weighted by atomic mass is 28.3. The Labute approximate surface area is 92.0 Å². The maximum atomic E-state index is 5.32. The van der Waals surface area contributed by atoms with E-state index in [1.165, 1.54) is 6.04 Å². The van der Waals surface area contributed by atoms with Gasteiger partial charge >= 0.3 is 0 Å². The lowest BCUT2D eigenvalue weighted by molar-refractivity contribution is 0.375. The van der Waals surface area contributed by atoms with Crippen molar-refractivity contribution in [2.24, 2.45) is 5.73 Å². The van der Waals surface area contributed by atoms with Gasteiger partial charge in [0.05, 0.1) is 0 Å². The van der Waals surface area contributed by atoms with E-state index in [1.807, 2.05) is 6.92 Å². The molecule has 0 saturated heterocycles. The summed E-state index contributed by atoms with van der Waals surface area (Å²) in [6.07, 6.45) is 1.13. The van der Waals surface area contributed by atoms with Gasteiger partial charge in [0.1, 0.15) is 30.7 Å². The molecule has 2 N–H and O–H groups in total. The molecule has 13 heavy (non-hydrogen) atoms. The van der Waals surface area contributed by atoms with Crippen LogP contribution < -0.4 is 5.73 Å². The Hall–Kier alpha value is 0.708. The molecular formula is C5H23NO3Si4. The zero-order valence-corrected chi connectivity index (χ0v) is 15.9. The first-order chi connectivity index (χ1) is 6.33. The van der Waals surface area contributed by atoms with E-state index in [9.17, 15) is 0 Å². The van der Waals surface area contributed by atoms with Gasteiger partial charge in [-0.05, 0) is 25.9 Å². The first-order valence-electron chi connectivity index (χ1n) is 4.59. The lowest BCUT2D eigenvalue weighted by Gasteiger charge is -1.99. The van der Waals surface area contributed by atoms with E-state index in [4.69, 9.17) is 14.0 Å². The van der Waals surface area contributed by atoms with Crippen molar-refractivity contribution in [3.8, 4) is 0 Å². The van der Waals surface area contributed by atoms with Crippen molar-refractivity contribution in [1.29, 1.82) is 0 Å². The molecule has 0 bridgehead atoms. The zero-order valence-electron chi connectivity index (χ0n) is 9.04. The molecule has 0 aliphatic heterocycles. The zero-order chi connectivity index (χ0) is 10.4. The lowest BCUT2D eigenvalue weighted by atomic mass is 10.5. The quantitative estimate of drug-likeness (QED) is 0.379. The molecule has 0 aromatic heterocycles. The van der Waals surface area contributed by atoms with Gasteiger partial charge in [-0.25, -0.2) is 0 Å². The Bertz CT molecular complexity index is 72.8. The van der Waals surface area contributed by atoms with E-state index >= 15 is 0 Å².